The molecule has 1 unspecified atom stereocenters. The Balaban J connectivity index is 0.682. The first kappa shape index (κ1) is 44.0. The Bertz CT molecular complexity index is 2690. The maximum absolute atomic E-state index is 13.9. The van der Waals surface area contributed by atoms with Crippen LogP contribution in [0.2, 0.25) is 0 Å². The maximum Gasteiger partial charge on any atom is 0.270 e. The molecule has 1 aromatic carbocycles. The predicted molar refractivity (Wildman–Crippen MR) is 257 cm³/mol. The molecule has 17 nitrogen and oxygen atoms in total. The highest BCUT2D eigenvalue weighted by molar-refractivity contribution is 6.23. The molecule has 5 amide bonds. The summed E-state index contributed by atoms with van der Waals surface area (Å²) in [5.41, 5.74) is 8.12. The summed E-state index contributed by atoms with van der Waals surface area (Å²) in [5, 5.41) is 5.74. The number of nitrogens with one attached hydrogen (secondary N) is 2. The first-order chi connectivity index (χ1) is 32.8. The molecule has 3 atom stereocenters. The normalized spacial score (nSPS) is 24.3. The molecule has 0 radical (unpaired) electrons. The molecule has 2 N–H and O–H groups in total. The van der Waals surface area contributed by atoms with Crippen LogP contribution in [0.15, 0.2) is 54.9 Å². The Labute approximate surface area is 396 Å². The summed E-state index contributed by atoms with van der Waals surface area (Å²) >= 11 is 0. The van der Waals surface area contributed by atoms with E-state index in [0.717, 1.165) is 131 Å². The van der Waals surface area contributed by atoms with Crippen LogP contribution < -0.4 is 30.1 Å². The van der Waals surface area contributed by atoms with Crippen molar-refractivity contribution in [3.63, 3.8) is 0 Å². The number of amides is 5. The fraction of sp³-hybridized carbons (Fsp3) is 0.510. The number of fused-ring (bicyclic) bond motifs is 4. The molecule has 11 rings (SSSR count). The van der Waals surface area contributed by atoms with Crippen LogP contribution in [-0.4, -0.2) is 142 Å². The number of anilines is 5. The van der Waals surface area contributed by atoms with Crippen LogP contribution >= 0.6 is 0 Å². The van der Waals surface area contributed by atoms with E-state index in [1.165, 1.54) is 11.3 Å². The Morgan fingerprint density at radius 1 is 0.721 bits per heavy atom. The topological polar surface area (TPSA) is 169 Å². The molecule has 6 aliphatic heterocycles. The number of nitrogens with zero attached hydrogens (tertiary/aromatic N) is 9. The molecule has 0 spiro atoms. The number of piperazine rings is 1. The van der Waals surface area contributed by atoms with Crippen LogP contribution in [0.1, 0.15) is 102 Å². The van der Waals surface area contributed by atoms with Gasteiger partial charge in [-0.25, -0.2) is 9.97 Å². The smallest absolute Gasteiger partial charge is 0.270 e. The van der Waals surface area contributed by atoms with Crippen molar-refractivity contribution in [1.29, 1.82) is 0 Å². The van der Waals surface area contributed by atoms with Crippen molar-refractivity contribution in [2.75, 3.05) is 79.5 Å². The van der Waals surface area contributed by atoms with Crippen molar-refractivity contribution in [1.82, 2.24) is 34.6 Å². The largest absolute Gasteiger partial charge is 0.480 e. The van der Waals surface area contributed by atoms with E-state index in [9.17, 15) is 24.0 Å². The number of piperidine rings is 3. The molecule has 9 heterocycles. The van der Waals surface area contributed by atoms with Gasteiger partial charge in [0.1, 0.15) is 23.2 Å². The lowest BCUT2D eigenvalue weighted by Gasteiger charge is -2.46. The van der Waals surface area contributed by atoms with Gasteiger partial charge in [0.15, 0.2) is 0 Å². The average Bonchev–Trinajstić information content (AvgIpc) is 3.93. The van der Waals surface area contributed by atoms with Crippen LogP contribution in [0.25, 0.3) is 0 Å². The standard InChI is InChI=1S/C51H61N11O6/c1-31-29-58(33-13-16-56(17-14-33)34-7-9-38-39(23-34)49(66)62(48(38)65)41-10-12-45(63)55-46(41)64)18-19-59(31)35-8-11-44(52-27-35)54-40-24-37(28-53-47(40)68-4)57-15-5-6-36(30-57)60-20-21-61-42(50(60)67)22-32-25-51(2,3)26-43(32)61/h7-9,11,22-24,27-28,31,33,36,41H,5-6,10,12-21,25-26,29-30H2,1-4H3,(H,52,54)(H,55,63,64)/t31-,36-,41?/m0/s1. The molecular weight excluding hydrogens is 863 g/mol. The van der Waals surface area contributed by atoms with Crippen molar-refractivity contribution in [2.24, 2.45) is 5.41 Å². The number of methoxy groups -OCH3 is 1. The number of hydrogen-bond acceptors (Lipinski definition) is 13. The van der Waals surface area contributed by atoms with E-state index >= 15 is 0 Å². The fourth-order valence-corrected chi connectivity index (χ4v) is 12.2. The van der Waals surface area contributed by atoms with E-state index in [1.54, 1.807) is 19.2 Å². The van der Waals surface area contributed by atoms with Crippen LogP contribution in [-0.2, 0) is 29.0 Å². The van der Waals surface area contributed by atoms with E-state index in [-0.39, 0.29) is 42.2 Å². The number of carbonyl (C=O) groups is 5. The first-order valence-corrected chi connectivity index (χ1v) is 24.5. The predicted octanol–water partition coefficient (Wildman–Crippen LogP) is 4.86. The Kier molecular flexibility index (Phi) is 11.2. The second-order valence-electron chi connectivity index (χ2n) is 20.6. The molecule has 4 aromatic rings. The fourth-order valence-electron chi connectivity index (χ4n) is 12.2. The van der Waals surface area contributed by atoms with Gasteiger partial charge in [-0.05, 0) is 105 Å². The van der Waals surface area contributed by atoms with E-state index in [2.05, 4.69) is 78.7 Å². The third kappa shape index (κ3) is 7.91. The Morgan fingerprint density at radius 2 is 1.50 bits per heavy atom. The van der Waals surface area contributed by atoms with Crippen molar-refractivity contribution < 1.29 is 28.7 Å². The Hall–Kier alpha value is -6.49. The number of pyridine rings is 2. The second-order valence-corrected chi connectivity index (χ2v) is 20.6. The monoisotopic (exact) mass is 923 g/mol. The number of rotatable bonds is 9. The molecule has 17 heteroatoms. The van der Waals surface area contributed by atoms with Gasteiger partial charge in [-0.2, -0.15) is 0 Å². The number of hydrogen-bond donors (Lipinski definition) is 2. The number of carbonyl (C=O) groups excluding carboxylic acids is 5. The SMILES string of the molecule is COc1ncc(N2CCC[C@H](N3CCn4c(cc5c4CC(C)(C)C5)C3=O)C2)cc1Nc1ccc(N2CCN(C3CCN(c4ccc5c(c4)C(=O)N(C4CCC(=O)NC4=O)C5=O)CC3)C[C@@H]2C)cn1. The van der Waals surface area contributed by atoms with Crippen LogP contribution in [0.5, 0.6) is 5.88 Å². The summed E-state index contributed by atoms with van der Waals surface area (Å²) in [6.07, 6.45) is 10.0. The zero-order valence-electron chi connectivity index (χ0n) is 39.5. The summed E-state index contributed by atoms with van der Waals surface area (Å²) in [5.74, 6) is -0.613. The maximum atomic E-state index is 13.9. The zero-order valence-corrected chi connectivity index (χ0v) is 39.5. The number of benzene rings is 1. The molecule has 0 bridgehead atoms. The second kappa shape index (κ2) is 17.2. The molecule has 356 valence electrons. The molecule has 1 aliphatic carbocycles. The molecule has 3 aromatic heterocycles. The summed E-state index contributed by atoms with van der Waals surface area (Å²) in [4.78, 5) is 87.2. The van der Waals surface area contributed by atoms with Crippen LogP contribution in [0.4, 0.5) is 28.6 Å². The van der Waals surface area contributed by atoms with E-state index in [4.69, 9.17) is 14.7 Å². The van der Waals surface area contributed by atoms with Gasteiger partial charge >= 0.3 is 0 Å². The van der Waals surface area contributed by atoms with Crippen LogP contribution in [0, 0.1) is 5.41 Å². The third-order valence-corrected chi connectivity index (χ3v) is 15.7. The quantitative estimate of drug-likeness (QED) is 0.219. The van der Waals surface area contributed by atoms with Crippen molar-refractivity contribution in [2.45, 2.75) is 103 Å². The van der Waals surface area contributed by atoms with Crippen LogP contribution in [0.3, 0.4) is 0 Å². The van der Waals surface area contributed by atoms with Gasteiger partial charge in [0.25, 0.3) is 17.7 Å². The molecule has 4 saturated heterocycles. The van der Waals surface area contributed by atoms with Gasteiger partial charge in [-0.15, -0.1) is 0 Å². The number of ether oxygens (including phenoxy) is 1. The molecule has 7 aliphatic rings. The van der Waals surface area contributed by atoms with Gasteiger partial charge in [-0.3, -0.25) is 39.1 Å². The molecule has 4 fully saturated rings. The highest BCUT2D eigenvalue weighted by Crippen LogP contribution is 2.40. The van der Waals surface area contributed by atoms with Crippen molar-refractivity contribution in [3.05, 3.63) is 82.9 Å². The lowest BCUT2D eigenvalue weighted by Crippen LogP contribution is -2.57. The molecule has 0 saturated carbocycles. The summed E-state index contributed by atoms with van der Waals surface area (Å²) in [6.45, 7) is 14.5. The van der Waals surface area contributed by atoms with Crippen molar-refractivity contribution >= 4 is 58.1 Å². The zero-order chi connectivity index (χ0) is 47.0. The summed E-state index contributed by atoms with van der Waals surface area (Å²) in [6, 6.07) is 13.6. The molecule has 68 heavy (non-hydrogen) atoms. The lowest BCUT2D eigenvalue weighted by atomic mass is 9.90. The highest BCUT2D eigenvalue weighted by Gasteiger charge is 2.45. The minimum absolute atomic E-state index is 0.0917. The first-order valence-electron chi connectivity index (χ1n) is 24.5. The molecular formula is C51H61N11O6. The summed E-state index contributed by atoms with van der Waals surface area (Å²) in [7, 11) is 1.63. The van der Waals surface area contributed by atoms with Gasteiger partial charge < -0.3 is 34.2 Å². The van der Waals surface area contributed by atoms with Gasteiger partial charge in [0.2, 0.25) is 17.7 Å². The number of imide groups is 2. The highest BCUT2D eigenvalue weighted by atomic mass is 16.5. The van der Waals surface area contributed by atoms with Gasteiger partial charge in [-0.1, -0.05) is 13.8 Å². The average molecular weight is 924 g/mol. The minimum Gasteiger partial charge on any atom is -0.480 e. The lowest BCUT2D eigenvalue weighted by molar-refractivity contribution is -0.136. The van der Waals surface area contributed by atoms with E-state index in [1.807, 2.05) is 24.5 Å². The van der Waals surface area contributed by atoms with E-state index in [0.29, 0.717) is 28.9 Å². The van der Waals surface area contributed by atoms with Crippen molar-refractivity contribution in [3.8, 4) is 5.88 Å². The minimum atomic E-state index is -0.976. The summed E-state index contributed by atoms with van der Waals surface area (Å²) < 4.78 is 7.99. The number of aromatic nitrogens is 3. The van der Waals surface area contributed by atoms with Gasteiger partial charge in [0.05, 0.1) is 42.0 Å². The van der Waals surface area contributed by atoms with Gasteiger partial charge in [0, 0.05) is 94.8 Å². The van der Waals surface area contributed by atoms with E-state index < -0.39 is 23.8 Å². The third-order valence-electron chi connectivity index (χ3n) is 15.7. The Morgan fingerprint density at radius 3 is 2.26 bits per heavy atom.